The van der Waals surface area contributed by atoms with Gasteiger partial charge in [0.2, 0.25) is 0 Å². The highest BCUT2D eigenvalue weighted by atomic mass is 16.5. The molecule has 0 atom stereocenters. The number of aliphatic imine (C=N–C) groups is 1. The summed E-state index contributed by atoms with van der Waals surface area (Å²) in [6.45, 7) is 6.42. The highest BCUT2D eigenvalue weighted by Crippen LogP contribution is 2.30. The number of aryl methyl sites for hydroxylation is 1. The highest BCUT2D eigenvalue weighted by Gasteiger charge is 2.22. The van der Waals surface area contributed by atoms with Crippen molar-refractivity contribution >= 4 is 11.9 Å². The van der Waals surface area contributed by atoms with Crippen molar-refractivity contribution in [2.75, 3.05) is 26.8 Å². The van der Waals surface area contributed by atoms with E-state index in [2.05, 4.69) is 40.7 Å². The van der Waals surface area contributed by atoms with Crippen LogP contribution in [0.5, 0.6) is 5.75 Å². The van der Waals surface area contributed by atoms with Crippen molar-refractivity contribution in [3.63, 3.8) is 0 Å². The molecule has 0 unspecified atom stereocenters. The zero-order chi connectivity index (χ0) is 18.8. The Bertz CT molecular complexity index is 612. The summed E-state index contributed by atoms with van der Waals surface area (Å²) in [6.07, 6.45) is 3.68. The summed E-state index contributed by atoms with van der Waals surface area (Å²) < 4.78 is 10.9. The van der Waals surface area contributed by atoms with E-state index in [9.17, 15) is 4.79 Å². The number of carbonyl (C=O) groups excluding carboxylic acids is 1. The first-order valence-electron chi connectivity index (χ1n) is 9.44. The number of carbonyl (C=O) groups is 1. The average Bonchev–Trinajstić information content (AvgIpc) is 3.45. The number of nitrogens with zero attached hydrogens (tertiary/aromatic N) is 1. The van der Waals surface area contributed by atoms with Crippen LogP contribution in [0.25, 0.3) is 0 Å². The van der Waals surface area contributed by atoms with Gasteiger partial charge in [-0.05, 0) is 50.7 Å². The van der Waals surface area contributed by atoms with E-state index in [1.54, 1.807) is 7.05 Å². The van der Waals surface area contributed by atoms with Crippen LogP contribution in [-0.4, -0.2) is 38.7 Å². The van der Waals surface area contributed by atoms with E-state index in [-0.39, 0.29) is 5.97 Å². The van der Waals surface area contributed by atoms with Crippen molar-refractivity contribution in [2.45, 2.75) is 46.1 Å². The molecule has 6 heteroatoms. The number of hydrogen-bond donors (Lipinski definition) is 2. The largest absolute Gasteiger partial charge is 0.493 e. The molecule has 0 amide bonds. The van der Waals surface area contributed by atoms with E-state index in [1.807, 2.05) is 6.92 Å². The molecule has 1 saturated carbocycles. The van der Waals surface area contributed by atoms with E-state index < -0.39 is 0 Å². The molecule has 2 N–H and O–H groups in total. The van der Waals surface area contributed by atoms with Crippen LogP contribution in [0.15, 0.2) is 23.2 Å². The van der Waals surface area contributed by atoms with E-state index in [1.165, 1.54) is 18.4 Å². The van der Waals surface area contributed by atoms with E-state index in [4.69, 9.17) is 9.47 Å². The summed E-state index contributed by atoms with van der Waals surface area (Å²) in [7, 11) is 1.74. The number of rotatable bonds is 10. The van der Waals surface area contributed by atoms with Gasteiger partial charge in [-0.1, -0.05) is 12.1 Å². The molecule has 144 valence electrons. The number of esters is 1. The minimum absolute atomic E-state index is 0.158. The molecule has 0 aromatic heterocycles. The van der Waals surface area contributed by atoms with Gasteiger partial charge in [0.15, 0.2) is 5.96 Å². The molecular weight excluding hydrogens is 330 g/mol. The fourth-order valence-electron chi connectivity index (χ4n) is 2.51. The fourth-order valence-corrected chi connectivity index (χ4v) is 2.51. The predicted molar refractivity (Wildman–Crippen MR) is 103 cm³/mol. The Morgan fingerprint density at radius 1 is 1.31 bits per heavy atom. The van der Waals surface area contributed by atoms with Gasteiger partial charge >= 0.3 is 5.97 Å². The molecule has 1 aromatic rings. The third kappa shape index (κ3) is 7.33. The molecule has 0 radical (unpaired) electrons. The first kappa shape index (κ1) is 20.1. The second-order valence-corrected chi connectivity index (χ2v) is 6.63. The van der Waals surface area contributed by atoms with Crippen LogP contribution in [0.3, 0.4) is 0 Å². The lowest BCUT2D eigenvalue weighted by Gasteiger charge is -2.15. The first-order chi connectivity index (χ1) is 12.6. The van der Waals surface area contributed by atoms with Crippen LogP contribution in [0.2, 0.25) is 0 Å². The lowest BCUT2D eigenvalue weighted by molar-refractivity contribution is -0.143. The molecule has 0 saturated heterocycles. The molecule has 0 bridgehead atoms. The number of nitrogens with one attached hydrogen (secondary N) is 2. The quantitative estimate of drug-likeness (QED) is 0.290. The molecule has 0 spiro atoms. The Morgan fingerprint density at radius 2 is 2.12 bits per heavy atom. The topological polar surface area (TPSA) is 72.0 Å². The Labute approximate surface area is 156 Å². The zero-order valence-corrected chi connectivity index (χ0v) is 16.1. The van der Waals surface area contributed by atoms with Crippen molar-refractivity contribution in [1.82, 2.24) is 10.6 Å². The molecule has 1 fully saturated rings. The van der Waals surface area contributed by atoms with Crippen LogP contribution < -0.4 is 15.4 Å². The van der Waals surface area contributed by atoms with Crippen LogP contribution in [0.4, 0.5) is 0 Å². The third-order valence-corrected chi connectivity index (χ3v) is 4.22. The van der Waals surface area contributed by atoms with Gasteiger partial charge in [-0.25, -0.2) is 0 Å². The normalized spacial score (nSPS) is 14.0. The summed E-state index contributed by atoms with van der Waals surface area (Å²) in [5.74, 6) is 2.23. The van der Waals surface area contributed by atoms with Crippen molar-refractivity contribution in [3.05, 3.63) is 29.3 Å². The molecule has 0 heterocycles. The van der Waals surface area contributed by atoms with Gasteiger partial charge < -0.3 is 20.1 Å². The van der Waals surface area contributed by atoms with E-state index in [0.29, 0.717) is 38.5 Å². The maximum Gasteiger partial charge on any atom is 0.305 e. The molecule has 1 aliphatic rings. The number of hydrogen-bond acceptors (Lipinski definition) is 4. The smallest absolute Gasteiger partial charge is 0.305 e. The van der Waals surface area contributed by atoms with Crippen molar-refractivity contribution in [2.24, 2.45) is 10.9 Å². The van der Waals surface area contributed by atoms with Gasteiger partial charge in [-0.15, -0.1) is 0 Å². The number of ether oxygens (including phenoxy) is 2. The fraction of sp³-hybridized carbons (Fsp3) is 0.600. The van der Waals surface area contributed by atoms with Crippen LogP contribution >= 0.6 is 0 Å². The minimum atomic E-state index is -0.158. The molecule has 6 nitrogen and oxygen atoms in total. The minimum Gasteiger partial charge on any atom is -0.493 e. The summed E-state index contributed by atoms with van der Waals surface area (Å²) in [6, 6.07) is 6.28. The summed E-state index contributed by atoms with van der Waals surface area (Å²) in [5, 5.41) is 6.52. The Kier molecular flexibility index (Phi) is 8.25. The molecule has 1 aliphatic carbocycles. The summed E-state index contributed by atoms with van der Waals surface area (Å²) in [4.78, 5) is 15.6. The van der Waals surface area contributed by atoms with Gasteiger partial charge in [0.1, 0.15) is 5.75 Å². The molecule has 1 aromatic carbocycles. The Hall–Kier alpha value is -2.24. The van der Waals surface area contributed by atoms with Gasteiger partial charge in [0.05, 0.1) is 13.2 Å². The molecule has 0 aliphatic heterocycles. The van der Waals surface area contributed by atoms with Gasteiger partial charge in [-0.2, -0.15) is 0 Å². The molecular formula is C20H31N3O3. The summed E-state index contributed by atoms with van der Waals surface area (Å²) >= 11 is 0. The average molecular weight is 361 g/mol. The van der Waals surface area contributed by atoms with Gasteiger partial charge in [-0.3, -0.25) is 9.79 Å². The van der Waals surface area contributed by atoms with Crippen molar-refractivity contribution < 1.29 is 14.3 Å². The second kappa shape index (κ2) is 10.7. The SMILES string of the molecule is CCOC(=O)CCCNC(=NC)NCc1ccc(C)cc1OCC1CC1. The van der Waals surface area contributed by atoms with Gasteiger partial charge in [0, 0.05) is 32.1 Å². The first-order valence-corrected chi connectivity index (χ1v) is 9.44. The van der Waals surface area contributed by atoms with E-state index in [0.717, 1.165) is 23.8 Å². The molecule has 2 rings (SSSR count). The van der Waals surface area contributed by atoms with E-state index >= 15 is 0 Å². The van der Waals surface area contributed by atoms with Crippen molar-refractivity contribution in [1.29, 1.82) is 0 Å². The standard InChI is InChI=1S/C20H31N3O3/c1-4-25-19(24)6-5-11-22-20(21-3)23-13-17-10-7-15(2)12-18(17)26-14-16-8-9-16/h7,10,12,16H,4-6,8-9,11,13-14H2,1-3H3,(H2,21,22,23). The van der Waals surface area contributed by atoms with Gasteiger partial charge in [0.25, 0.3) is 0 Å². The Balaban J connectivity index is 1.77. The second-order valence-electron chi connectivity index (χ2n) is 6.63. The lowest BCUT2D eigenvalue weighted by atomic mass is 10.1. The van der Waals surface area contributed by atoms with Crippen LogP contribution in [-0.2, 0) is 16.1 Å². The van der Waals surface area contributed by atoms with Crippen LogP contribution in [0, 0.1) is 12.8 Å². The number of benzene rings is 1. The van der Waals surface area contributed by atoms with Crippen LogP contribution in [0.1, 0.15) is 43.7 Å². The third-order valence-electron chi connectivity index (χ3n) is 4.22. The lowest BCUT2D eigenvalue weighted by Crippen LogP contribution is -2.37. The maximum atomic E-state index is 11.3. The number of guanidine groups is 1. The Morgan fingerprint density at radius 3 is 2.81 bits per heavy atom. The summed E-state index contributed by atoms with van der Waals surface area (Å²) in [5.41, 5.74) is 2.31. The maximum absolute atomic E-state index is 11.3. The highest BCUT2D eigenvalue weighted by molar-refractivity contribution is 5.79. The zero-order valence-electron chi connectivity index (χ0n) is 16.1. The monoisotopic (exact) mass is 361 g/mol. The molecule has 26 heavy (non-hydrogen) atoms. The predicted octanol–water partition coefficient (Wildman–Crippen LogP) is 2.79. The van der Waals surface area contributed by atoms with Crippen molar-refractivity contribution in [3.8, 4) is 5.75 Å².